The Morgan fingerprint density at radius 2 is 1.53 bits per heavy atom. The molecule has 0 saturated heterocycles. The van der Waals surface area contributed by atoms with Crippen molar-refractivity contribution in [3.05, 3.63) is 58.3 Å². The van der Waals surface area contributed by atoms with Crippen LogP contribution in [-0.4, -0.2) is 8.42 Å². The third-order valence-corrected chi connectivity index (χ3v) is 4.18. The number of benzene rings is 2. The molecule has 100 valence electrons. The Bertz CT molecular complexity index is 702. The Hall–Kier alpha value is -1.30. The molecule has 0 amide bonds. The van der Waals surface area contributed by atoms with Gasteiger partial charge in [-0.25, -0.2) is 12.8 Å². The highest BCUT2D eigenvalue weighted by atomic mass is 35.5. The van der Waals surface area contributed by atoms with E-state index in [1.54, 1.807) is 0 Å². The number of nitrogens with one attached hydrogen (secondary N) is 1. The first-order valence-corrected chi connectivity index (χ1v) is 7.36. The molecule has 0 aliphatic heterocycles. The van der Waals surface area contributed by atoms with Crippen molar-refractivity contribution in [1.29, 1.82) is 0 Å². The van der Waals surface area contributed by atoms with Crippen molar-refractivity contribution in [2.24, 2.45) is 0 Å². The maximum atomic E-state index is 13.6. The van der Waals surface area contributed by atoms with Crippen LogP contribution in [0.2, 0.25) is 10.0 Å². The summed E-state index contributed by atoms with van der Waals surface area (Å²) in [5.41, 5.74) is 0.291. The van der Waals surface area contributed by atoms with Crippen LogP contribution in [0, 0.1) is 5.82 Å². The van der Waals surface area contributed by atoms with Crippen molar-refractivity contribution in [1.82, 2.24) is 0 Å². The summed E-state index contributed by atoms with van der Waals surface area (Å²) in [4.78, 5) is -0.466. The summed E-state index contributed by atoms with van der Waals surface area (Å²) in [7, 11) is -4.00. The van der Waals surface area contributed by atoms with Crippen LogP contribution in [0.4, 0.5) is 10.1 Å². The summed E-state index contributed by atoms with van der Waals surface area (Å²) < 4.78 is 39.8. The van der Waals surface area contributed by atoms with Gasteiger partial charge in [0, 0.05) is 15.7 Å². The summed E-state index contributed by atoms with van der Waals surface area (Å²) >= 11 is 11.3. The van der Waals surface area contributed by atoms with Gasteiger partial charge in [0.15, 0.2) is 0 Å². The molecule has 1 N–H and O–H groups in total. The standard InChI is InChI=1S/C12H8Cl2FNO2S/c13-8-1-4-10(5-2-8)16-19(17,18)12-6-3-9(14)7-11(12)15/h1-7,16H. The number of halogens is 3. The molecule has 0 aliphatic rings. The van der Waals surface area contributed by atoms with Crippen molar-refractivity contribution < 1.29 is 12.8 Å². The zero-order valence-corrected chi connectivity index (χ0v) is 11.7. The minimum Gasteiger partial charge on any atom is -0.280 e. The lowest BCUT2D eigenvalue weighted by Gasteiger charge is -2.09. The predicted molar refractivity (Wildman–Crippen MR) is 73.7 cm³/mol. The molecule has 3 nitrogen and oxygen atoms in total. The number of sulfonamides is 1. The highest BCUT2D eigenvalue weighted by Gasteiger charge is 2.19. The Morgan fingerprint density at radius 3 is 2.11 bits per heavy atom. The maximum absolute atomic E-state index is 13.6. The van der Waals surface area contributed by atoms with Crippen molar-refractivity contribution in [2.75, 3.05) is 4.72 Å². The van der Waals surface area contributed by atoms with E-state index in [-0.39, 0.29) is 5.02 Å². The van der Waals surface area contributed by atoms with Crippen molar-refractivity contribution in [3.8, 4) is 0 Å². The van der Waals surface area contributed by atoms with Gasteiger partial charge in [0.05, 0.1) is 0 Å². The van der Waals surface area contributed by atoms with Gasteiger partial charge >= 0.3 is 0 Å². The van der Waals surface area contributed by atoms with Crippen molar-refractivity contribution >= 4 is 38.9 Å². The predicted octanol–water partition coefficient (Wildman–Crippen LogP) is 3.93. The molecule has 0 fully saturated rings. The van der Waals surface area contributed by atoms with Crippen LogP contribution in [0.15, 0.2) is 47.4 Å². The number of hydrogen-bond donors (Lipinski definition) is 1. The average Bonchev–Trinajstić information content (AvgIpc) is 2.31. The van der Waals surface area contributed by atoms with Crippen molar-refractivity contribution in [2.45, 2.75) is 4.90 Å². The first kappa shape index (κ1) is 14.1. The molecule has 0 unspecified atom stereocenters. The van der Waals surface area contributed by atoms with E-state index in [0.717, 1.165) is 12.1 Å². The molecule has 7 heteroatoms. The molecule has 2 aromatic rings. The fourth-order valence-corrected chi connectivity index (χ4v) is 2.83. The SMILES string of the molecule is O=S(=O)(Nc1ccc(Cl)cc1)c1ccc(Cl)cc1F. The van der Waals surface area contributed by atoms with E-state index in [1.807, 2.05) is 0 Å². The zero-order chi connectivity index (χ0) is 14.0. The lowest BCUT2D eigenvalue weighted by Crippen LogP contribution is -2.14. The van der Waals surface area contributed by atoms with Gasteiger partial charge in [0.2, 0.25) is 0 Å². The smallest absolute Gasteiger partial charge is 0.264 e. The first-order valence-electron chi connectivity index (χ1n) is 5.12. The fraction of sp³-hybridized carbons (Fsp3) is 0. The maximum Gasteiger partial charge on any atom is 0.264 e. The van der Waals surface area contributed by atoms with Gasteiger partial charge in [-0.3, -0.25) is 4.72 Å². The summed E-state index contributed by atoms with van der Waals surface area (Å²) in [6.45, 7) is 0. The van der Waals surface area contributed by atoms with Gasteiger partial charge < -0.3 is 0 Å². The normalized spacial score (nSPS) is 11.3. The molecular formula is C12H8Cl2FNO2S. The van der Waals surface area contributed by atoms with E-state index >= 15 is 0 Å². The molecule has 2 aromatic carbocycles. The van der Waals surface area contributed by atoms with Crippen molar-refractivity contribution in [3.63, 3.8) is 0 Å². The van der Waals surface area contributed by atoms with Crippen LogP contribution in [0.25, 0.3) is 0 Å². The van der Waals surface area contributed by atoms with Gasteiger partial charge in [0.25, 0.3) is 10.0 Å². The lowest BCUT2D eigenvalue weighted by atomic mass is 10.3. The molecule has 19 heavy (non-hydrogen) atoms. The molecule has 0 heterocycles. The Balaban J connectivity index is 2.35. The summed E-state index contributed by atoms with van der Waals surface area (Å²) in [6, 6.07) is 9.37. The molecule has 0 saturated carbocycles. The van der Waals surface area contributed by atoms with Crippen LogP contribution < -0.4 is 4.72 Å². The monoisotopic (exact) mass is 319 g/mol. The lowest BCUT2D eigenvalue weighted by molar-refractivity contribution is 0.570. The van der Waals surface area contributed by atoms with Crippen LogP contribution >= 0.6 is 23.2 Å². The van der Waals surface area contributed by atoms with Gasteiger partial charge in [-0.15, -0.1) is 0 Å². The topological polar surface area (TPSA) is 46.2 Å². The zero-order valence-electron chi connectivity index (χ0n) is 9.40. The molecule has 0 aliphatic carbocycles. The highest BCUT2D eigenvalue weighted by Crippen LogP contribution is 2.22. The summed E-state index contributed by atoms with van der Waals surface area (Å²) in [5, 5.41) is 0.601. The Morgan fingerprint density at radius 1 is 0.947 bits per heavy atom. The van der Waals surface area contributed by atoms with Crippen LogP contribution in [-0.2, 0) is 10.0 Å². The second kappa shape index (κ2) is 5.36. The van der Waals surface area contributed by atoms with E-state index in [9.17, 15) is 12.8 Å². The molecular weight excluding hydrogens is 312 g/mol. The van der Waals surface area contributed by atoms with Crippen LogP contribution in [0.1, 0.15) is 0 Å². The minimum atomic E-state index is -4.00. The molecule has 0 bridgehead atoms. The second-order valence-electron chi connectivity index (χ2n) is 3.69. The summed E-state index contributed by atoms with van der Waals surface area (Å²) in [6.07, 6.45) is 0. The van der Waals surface area contributed by atoms with E-state index < -0.39 is 20.7 Å². The molecule has 0 radical (unpaired) electrons. The third-order valence-electron chi connectivity index (χ3n) is 2.28. The summed E-state index contributed by atoms with van der Waals surface area (Å²) in [5.74, 6) is -0.908. The van der Waals surface area contributed by atoms with Gasteiger partial charge in [-0.05, 0) is 42.5 Å². The van der Waals surface area contributed by atoms with Crippen LogP contribution in [0.3, 0.4) is 0 Å². The number of hydrogen-bond acceptors (Lipinski definition) is 2. The second-order valence-corrected chi connectivity index (χ2v) is 6.21. The largest absolute Gasteiger partial charge is 0.280 e. The molecule has 0 spiro atoms. The van der Waals surface area contributed by atoms with Gasteiger partial charge in [-0.1, -0.05) is 23.2 Å². The highest BCUT2D eigenvalue weighted by molar-refractivity contribution is 7.92. The van der Waals surface area contributed by atoms with E-state index in [1.165, 1.54) is 30.3 Å². The quantitative estimate of drug-likeness (QED) is 0.931. The van der Waals surface area contributed by atoms with Crippen LogP contribution in [0.5, 0.6) is 0 Å². The fourth-order valence-electron chi connectivity index (χ4n) is 1.42. The van der Waals surface area contributed by atoms with E-state index in [4.69, 9.17) is 23.2 Å². The first-order chi connectivity index (χ1) is 8.88. The minimum absolute atomic E-state index is 0.128. The van der Waals surface area contributed by atoms with Gasteiger partial charge in [-0.2, -0.15) is 0 Å². The number of rotatable bonds is 3. The van der Waals surface area contributed by atoms with E-state index in [0.29, 0.717) is 10.7 Å². The molecule has 0 atom stereocenters. The Kier molecular flexibility index (Phi) is 3.99. The molecule has 0 aromatic heterocycles. The van der Waals surface area contributed by atoms with Gasteiger partial charge in [0.1, 0.15) is 10.7 Å². The number of anilines is 1. The Labute approximate surface area is 120 Å². The average molecular weight is 320 g/mol. The molecule has 2 rings (SSSR count). The van der Waals surface area contributed by atoms with E-state index in [2.05, 4.69) is 4.72 Å². The third kappa shape index (κ3) is 3.37.